The lowest BCUT2D eigenvalue weighted by atomic mass is 10.1. The van der Waals surface area contributed by atoms with Gasteiger partial charge in [-0.15, -0.1) is 0 Å². The third kappa shape index (κ3) is 3.57. The summed E-state index contributed by atoms with van der Waals surface area (Å²) in [6.45, 7) is 2.34. The highest BCUT2D eigenvalue weighted by molar-refractivity contribution is 6.10. The lowest BCUT2D eigenvalue weighted by Gasteiger charge is -2.29. The van der Waals surface area contributed by atoms with Gasteiger partial charge in [0.1, 0.15) is 5.82 Å². The van der Waals surface area contributed by atoms with E-state index >= 15 is 0 Å². The average Bonchev–Trinajstić information content (AvgIpc) is 2.59. The molecule has 0 bridgehead atoms. The zero-order valence-electron chi connectivity index (χ0n) is 13.0. The number of anilines is 1. The van der Waals surface area contributed by atoms with E-state index in [9.17, 15) is 10.1 Å². The number of nitrogens with one attached hydrogen (secondary N) is 2. The Bertz CT molecular complexity index is 626. The topological polar surface area (TPSA) is 114 Å². The molecule has 9 heteroatoms. The highest BCUT2D eigenvalue weighted by Crippen LogP contribution is 2.34. The average molecular weight is 321 g/mol. The van der Waals surface area contributed by atoms with Gasteiger partial charge in [0.05, 0.1) is 25.2 Å². The second-order valence-electron chi connectivity index (χ2n) is 4.78. The van der Waals surface area contributed by atoms with Gasteiger partial charge in [-0.2, -0.15) is 4.98 Å². The molecule has 2 rings (SSSR count). The number of rotatable bonds is 6. The van der Waals surface area contributed by atoms with E-state index in [0.717, 1.165) is 6.21 Å². The van der Waals surface area contributed by atoms with E-state index in [2.05, 4.69) is 10.3 Å². The van der Waals surface area contributed by atoms with E-state index in [1.54, 1.807) is 13.2 Å². The lowest BCUT2D eigenvalue weighted by molar-refractivity contribution is -0.386. The molecule has 1 aromatic rings. The molecule has 0 saturated carbocycles. The molecule has 1 saturated heterocycles. The van der Waals surface area contributed by atoms with Crippen molar-refractivity contribution in [2.45, 2.75) is 0 Å². The van der Waals surface area contributed by atoms with Crippen molar-refractivity contribution in [3.63, 3.8) is 0 Å². The molecule has 124 valence electrons. The summed E-state index contributed by atoms with van der Waals surface area (Å²) in [5.41, 5.74) is 0.763. The normalized spacial score (nSPS) is 15.2. The molecule has 1 aliphatic rings. The maximum Gasteiger partial charge on any atom is 0.331 e. The first-order valence-corrected chi connectivity index (χ1v) is 7.06. The maximum atomic E-state index is 11.2. The predicted molar refractivity (Wildman–Crippen MR) is 86.3 cm³/mol. The molecule has 9 nitrogen and oxygen atoms in total. The Kier molecular flexibility index (Phi) is 5.47. The molecule has 1 aromatic heterocycles. The number of ether oxygens (including phenoxy) is 2. The maximum absolute atomic E-state index is 11.2. The molecular weight excluding hydrogens is 302 g/mol. The largest absolute Gasteiger partial charge is 0.476 e. The molecule has 0 amide bonds. The molecular formula is C14H19N5O4. The van der Waals surface area contributed by atoms with Crippen molar-refractivity contribution in [3.8, 4) is 5.88 Å². The molecule has 0 radical (unpaired) electrons. The lowest BCUT2D eigenvalue weighted by Crippen LogP contribution is -2.37. The molecule has 0 aliphatic carbocycles. The summed E-state index contributed by atoms with van der Waals surface area (Å²) >= 11 is 0. The third-order valence-corrected chi connectivity index (χ3v) is 3.42. The molecule has 1 fully saturated rings. The minimum absolute atomic E-state index is 0.0472. The molecule has 2 heterocycles. The van der Waals surface area contributed by atoms with Crippen molar-refractivity contribution < 1.29 is 14.4 Å². The van der Waals surface area contributed by atoms with Crippen LogP contribution in [0.5, 0.6) is 5.88 Å². The molecule has 0 atom stereocenters. The number of nitrogens with zero attached hydrogens (tertiary/aromatic N) is 3. The predicted octanol–water partition coefficient (Wildman–Crippen LogP) is 1.04. The number of nitro groups is 1. The Morgan fingerprint density at radius 2 is 2.26 bits per heavy atom. The van der Waals surface area contributed by atoms with E-state index < -0.39 is 4.92 Å². The SMILES string of the molecule is CN/C=C(\C=N)c1cc([N+](=O)[O-])c(OC)nc1N1CCOCC1. The smallest absolute Gasteiger partial charge is 0.331 e. The summed E-state index contributed by atoms with van der Waals surface area (Å²) in [5, 5.41) is 21.7. The Morgan fingerprint density at radius 3 is 2.78 bits per heavy atom. The van der Waals surface area contributed by atoms with E-state index in [1.165, 1.54) is 13.2 Å². The van der Waals surface area contributed by atoms with Crippen molar-refractivity contribution in [3.05, 3.63) is 27.9 Å². The van der Waals surface area contributed by atoms with E-state index in [0.29, 0.717) is 43.3 Å². The van der Waals surface area contributed by atoms with Gasteiger partial charge < -0.3 is 25.1 Å². The first-order chi connectivity index (χ1) is 11.1. The highest BCUT2D eigenvalue weighted by Gasteiger charge is 2.26. The quantitative estimate of drug-likeness (QED) is 0.457. The fraction of sp³-hybridized carbons (Fsp3) is 0.429. The molecule has 1 aliphatic heterocycles. The fourth-order valence-electron chi connectivity index (χ4n) is 2.34. The summed E-state index contributed by atoms with van der Waals surface area (Å²) in [7, 11) is 3.04. The van der Waals surface area contributed by atoms with Crippen LogP contribution in [0.25, 0.3) is 5.57 Å². The fourth-order valence-corrected chi connectivity index (χ4v) is 2.34. The number of hydrogen-bond acceptors (Lipinski definition) is 8. The molecule has 0 aromatic carbocycles. The monoisotopic (exact) mass is 321 g/mol. The van der Waals surface area contributed by atoms with Crippen molar-refractivity contribution in [1.82, 2.24) is 10.3 Å². The first-order valence-electron chi connectivity index (χ1n) is 7.06. The first kappa shape index (κ1) is 16.7. The summed E-state index contributed by atoms with van der Waals surface area (Å²) in [5.74, 6) is 0.495. The summed E-state index contributed by atoms with van der Waals surface area (Å²) in [6, 6.07) is 1.39. The Hall–Kier alpha value is -2.68. The summed E-state index contributed by atoms with van der Waals surface area (Å²) in [4.78, 5) is 17.0. The Balaban J connectivity index is 2.62. The number of morpholine rings is 1. The zero-order valence-corrected chi connectivity index (χ0v) is 13.0. The molecule has 0 spiro atoms. The third-order valence-electron chi connectivity index (χ3n) is 3.42. The van der Waals surface area contributed by atoms with Crippen LogP contribution in [0.1, 0.15) is 5.56 Å². The van der Waals surface area contributed by atoms with Gasteiger partial charge in [-0.05, 0) is 0 Å². The minimum Gasteiger partial charge on any atom is -0.476 e. The van der Waals surface area contributed by atoms with Crippen LogP contribution in [-0.2, 0) is 4.74 Å². The number of methoxy groups -OCH3 is 1. The van der Waals surface area contributed by atoms with Gasteiger partial charge >= 0.3 is 5.69 Å². The zero-order chi connectivity index (χ0) is 16.8. The minimum atomic E-state index is -0.542. The Morgan fingerprint density at radius 1 is 1.57 bits per heavy atom. The van der Waals surface area contributed by atoms with Gasteiger partial charge in [0, 0.05) is 49.8 Å². The Labute approximate surface area is 133 Å². The van der Waals surface area contributed by atoms with Crippen LogP contribution in [-0.4, -0.2) is 56.6 Å². The molecule has 2 N–H and O–H groups in total. The summed E-state index contributed by atoms with van der Waals surface area (Å²) in [6.07, 6.45) is 2.73. The van der Waals surface area contributed by atoms with Crippen LogP contribution < -0.4 is 15.0 Å². The van der Waals surface area contributed by atoms with Gasteiger partial charge in [0.15, 0.2) is 0 Å². The van der Waals surface area contributed by atoms with E-state index in [1.807, 2.05) is 4.90 Å². The standard InChI is InChI=1S/C14H19N5O4/c1-16-9-10(8-15)11-7-12(19(20)21)14(22-2)17-13(11)18-3-5-23-6-4-18/h7-9,15-16H,3-6H2,1-2H3/b10-9+,15-8?. The van der Waals surface area contributed by atoms with Crippen LogP contribution in [0.4, 0.5) is 11.5 Å². The van der Waals surface area contributed by atoms with Crippen LogP contribution in [0, 0.1) is 15.5 Å². The van der Waals surface area contributed by atoms with Crippen molar-refractivity contribution in [1.29, 1.82) is 5.41 Å². The van der Waals surface area contributed by atoms with E-state index in [-0.39, 0.29) is 11.6 Å². The number of pyridine rings is 1. The van der Waals surface area contributed by atoms with Crippen molar-refractivity contribution in [2.24, 2.45) is 0 Å². The number of hydrogen-bond donors (Lipinski definition) is 2. The van der Waals surface area contributed by atoms with E-state index in [4.69, 9.17) is 14.9 Å². The molecule has 23 heavy (non-hydrogen) atoms. The van der Waals surface area contributed by atoms with Gasteiger partial charge in [-0.3, -0.25) is 10.1 Å². The second-order valence-corrected chi connectivity index (χ2v) is 4.78. The van der Waals surface area contributed by atoms with Crippen LogP contribution in [0.15, 0.2) is 12.3 Å². The van der Waals surface area contributed by atoms with Crippen molar-refractivity contribution in [2.75, 3.05) is 45.4 Å². The van der Waals surface area contributed by atoms with Crippen molar-refractivity contribution >= 4 is 23.3 Å². The molecule has 0 unspecified atom stereocenters. The van der Waals surface area contributed by atoms with Crippen LogP contribution in [0.3, 0.4) is 0 Å². The van der Waals surface area contributed by atoms with Gasteiger partial charge in [0.25, 0.3) is 5.88 Å². The highest BCUT2D eigenvalue weighted by atomic mass is 16.6. The number of allylic oxidation sites excluding steroid dienone is 1. The summed E-state index contributed by atoms with van der Waals surface area (Å²) < 4.78 is 10.4. The second kappa shape index (κ2) is 7.54. The number of aromatic nitrogens is 1. The van der Waals surface area contributed by atoms with Gasteiger partial charge in [-0.25, -0.2) is 0 Å². The van der Waals surface area contributed by atoms with Gasteiger partial charge in [-0.1, -0.05) is 0 Å². The van der Waals surface area contributed by atoms with Gasteiger partial charge in [0.2, 0.25) is 0 Å². The van der Waals surface area contributed by atoms with Crippen LogP contribution in [0.2, 0.25) is 0 Å². The van der Waals surface area contributed by atoms with Crippen LogP contribution >= 0.6 is 0 Å².